The topological polar surface area (TPSA) is 115 Å². The molecule has 0 N–H and O–H groups in total. The number of esters is 1. The summed E-state index contributed by atoms with van der Waals surface area (Å²) in [5.41, 5.74) is -0.857. The highest BCUT2D eigenvalue weighted by molar-refractivity contribution is 7.88. The van der Waals surface area contributed by atoms with Gasteiger partial charge in [0.25, 0.3) is 0 Å². The molecule has 2 aliphatic rings. The maximum atomic E-state index is 13.1. The van der Waals surface area contributed by atoms with Crippen molar-refractivity contribution in [3.63, 3.8) is 0 Å². The number of nitriles is 1. The lowest BCUT2D eigenvalue weighted by molar-refractivity contribution is -0.217. The molecule has 4 rings (SSSR count). The number of ether oxygens (including phenoxy) is 4. The summed E-state index contributed by atoms with van der Waals surface area (Å²) in [4.78, 5) is 12.6. The standard InChI is InChI=1S/C24H26N2O7S/c1-23(2)32-20-22(33-23)31-19(15-30-21(27)18-12-8-5-9-13-18)24(20,16-25)26(34(3,28)29)14-17-10-6-4-7-11-17/h4-13,19-20,22H,14-15H2,1-3H3/t19-,20+,22-,24-/m1/s1. The molecule has 2 fully saturated rings. The van der Waals surface area contributed by atoms with Gasteiger partial charge in [0.1, 0.15) is 18.8 Å². The molecule has 9 nitrogen and oxygen atoms in total. The van der Waals surface area contributed by atoms with Crippen molar-refractivity contribution < 1.29 is 32.2 Å². The lowest BCUT2D eigenvalue weighted by Crippen LogP contribution is -2.62. The molecular weight excluding hydrogens is 460 g/mol. The molecule has 4 atom stereocenters. The third-order valence-electron chi connectivity index (χ3n) is 5.82. The molecule has 0 radical (unpaired) electrons. The van der Waals surface area contributed by atoms with Crippen molar-refractivity contribution >= 4 is 16.0 Å². The van der Waals surface area contributed by atoms with Crippen LogP contribution in [0.3, 0.4) is 0 Å². The fourth-order valence-corrected chi connectivity index (χ4v) is 5.51. The van der Waals surface area contributed by atoms with Gasteiger partial charge in [0.15, 0.2) is 17.6 Å². The van der Waals surface area contributed by atoms with Crippen LogP contribution in [0.4, 0.5) is 0 Å². The average Bonchev–Trinajstić information content (AvgIpc) is 3.26. The lowest BCUT2D eigenvalue weighted by Gasteiger charge is -2.40. The molecule has 0 amide bonds. The van der Waals surface area contributed by atoms with Gasteiger partial charge in [0.05, 0.1) is 17.9 Å². The molecule has 2 aromatic rings. The Hall–Kier alpha value is -2.81. The monoisotopic (exact) mass is 486 g/mol. The van der Waals surface area contributed by atoms with E-state index in [2.05, 4.69) is 6.07 Å². The van der Waals surface area contributed by atoms with Crippen LogP contribution in [0, 0.1) is 11.3 Å². The minimum atomic E-state index is -3.96. The second kappa shape index (κ2) is 9.09. The molecule has 2 heterocycles. The second-order valence-electron chi connectivity index (χ2n) is 8.71. The summed E-state index contributed by atoms with van der Waals surface area (Å²) in [5.74, 6) is -1.72. The number of rotatable bonds is 7. The predicted octanol–water partition coefficient (Wildman–Crippen LogP) is 2.44. The zero-order valence-corrected chi connectivity index (χ0v) is 19.9. The fraction of sp³-hybridized carbons (Fsp3) is 0.417. The van der Waals surface area contributed by atoms with Gasteiger partial charge in [-0.15, -0.1) is 0 Å². The Morgan fingerprint density at radius 2 is 1.71 bits per heavy atom. The number of hydrogen-bond donors (Lipinski definition) is 0. The van der Waals surface area contributed by atoms with Gasteiger partial charge in [0.2, 0.25) is 10.0 Å². The summed E-state index contributed by atoms with van der Waals surface area (Å²) in [6.45, 7) is 2.83. The summed E-state index contributed by atoms with van der Waals surface area (Å²) in [7, 11) is -3.96. The van der Waals surface area contributed by atoms with Crippen molar-refractivity contribution in [1.29, 1.82) is 5.26 Å². The first-order valence-electron chi connectivity index (χ1n) is 10.7. The smallest absolute Gasteiger partial charge is 0.338 e. The van der Waals surface area contributed by atoms with E-state index in [4.69, 9.17) is 18.9 Å². The van der Waals surface area contributed by atoms with Gasteiger partial charge in [-0.05, 0) is 31.5 Å². The molecule has 180 valence electrons. The Morgan fingerprint density at radius 1 is 1.09 bits per heavy atom. The number of benzene rings is 2. The van der Waals surface area contributed by atoms with Crippen LogP contribution >= 0.6 is 0 Å². The highest BCUT2D eigenvalue weighted by Gasteiger charge is 2.68. The van der Waals surface area contributed by atoms with E-state index in [9.17, 15) is 18.5 Å². The van der Waals surface area contributed by atoms with Gasteiger partial charge in [-0.3, -0.25) is 0 Å². The van der Waals surface area contributed by atoms with E-state index < -0.39 is 45.8 Å². The van der Waals surface area contributed by atoms with E-state index in [1.807, 2.05) is 6.07 Å². The molecule has 0 aromatic heterocycles. The van der Waals surface area contributed by atoms with Crippen LogP contribution in [0.5, 0.6) is 0 Å². The van der Waals surface area contributed by atoms with Gasteiger partial charge in [0, 0.05) is 6.54 Å². The van der Waals surface area contributed by atoms with Crippen LogP contribution in [0.2, 0.25) is 0 Å². The summed E-state index contributed by atoms with van der Waals surface area (Å²) in [6.07, 6.45) is -2.22. The van der Waals surface area contributed by atoms with Gasteiger partial charge >= 0.3 is 5.97 Å². The molecule has 0 unspecified atom stereocenters. The molecular formula is C24H26N2O7S. The van der Waals surface area contributed by atoms with E-state index in [0.717, 1.165) is 10.6 Å². The maximum absolute atomic E-state index is 13.1. The number of sulfonamides is 1. The molecule has 0 saturated carbocycles. The Morgan fingerprint density at radius 3 is 2.29 bits per heavy atom. The molecule has 10 heteroatoms. The zero-order chi connectivity index (χ0) is 24.6. The summed E-state index contributed by atoms with van der Waals surface area (Å²) >= 11 is 0. The first-order chi connectivity index (χ1) is 16.1. The molecule has 2 aliphatic heterocycles. The molecule has 0 aliphatic carbocycles. The third kappa shape index (κ3) is 4.58. The second-order valence-corrected chi connectivity index (χ2v) is 10.6. The Bertz CT molecular complexity index is 1180. The molecule has 2 saturated heterocycles. The molecule has 2 aromatic carbocycles. The van der Waals surface area contributed by atoms with Gasteiger partial charge in [-0.2, -0.15) is 9.57 Å². The number of carbonyl (C=O) groups excluding carboxylic acids is 1. The van der Waals surface area contributed by atoms with Crippen LogP contribution in [0.1, 0.15) is 29.8 Å². The highest BCUT2D eigenvalue weighted by Crippen LogP contribution is 2.47. The van der Waals surface area contributed by atoms with Crippen LogP contribution < -0.4 is 0 Å². The first kappa shape index (κ1) is 24.3. The van der Waals surface area contributed by atoms with Gasteiger partial charge in [-0.1, -0.05) is 48.5 Å². The minimum absolute atomic E-state index is 0.104. The van der Waals surface area contributed by atoms with Crippen molar-refractivity contribution in [2.45, 2.75) is 50.2 Å². The van der Waals surface area contributed by atoms with E-state index in [1.54, 1.807) is 68.4 Å². The van der Waals surface area contributed by atoms with E-state index in [1.165, 1.54) is 0 Å². The van der Waals surface area contributed by atoms with Crippen LogP contribution in [-0.2, 0) is 35.5 Å². The van der Waals surface area contributed by atoms with E-state index in [-0.39, 0.29) is 13.2 Å². The van der Waals surface area contributed by atoms with Crippen molar-refractivity contribution in [2.75, 3.05) is 12.9 Å². The van der Waals surface area contributed by atoms with Crippen molar-refractivity contribution in [3.05, 3.63) is 71.8 Å². The number of nitrogens with zero attached hydrogens (tertiary/aromatic N) is 2. The third-order valence-corrected chi connectivity index (χ3v) is 7.05. The Kier molecular flexibility index (Phi) is 6.50. The molecule has 34 heavy (non-hydrogen) atoms. The number of carbonyl (C=O) groups is 1. The van der Waals surface area contributed by atoms with Crippen molar-refractivity contribution in [1.82, 2.24) is 4.31 Å². The summed E-state index contributed by atoms with van der Waals surface area (Å²) < 4.78 is 50.4. The van der Waals surface area contributed by atoms with Crippen molar-refractivity contribution in [3.8, 4) is 6.07 Å². The number of fused-ring (bicyclic) bond motifs is 1. The van der Waals surface area contributed by atoms with Crippen LogP contribution in [0.15, 0.2) is 60.7 Å². The quantitative estimate of drug-likeness (QED) is 0.548. The maximum Gasteiger partial charge on any atom is 0.338 e. The minimum Gasteiger partial charge on any atom is -0.459 e. The SMILES string of the molecule is CC1(C)O[C@H]2O[C@H](COC(=O)c3ccccc3)[C@@](C#N)(N(Cc3ccccc3)S(C)(=O)=O)[C@H]2O1. The Labute approximate surface area is 198 Å². The normalized spacial score (nSPS) is 27.8. The van der Waals surface area contributed by atoms with Gasteiger partial charge in [-0.25, -0.2) is 13.2 Å². The number of hydrogen-bond acceptors (Lipinski definition) is 8. The van der Waals surface area contributed by atoms with Crippen LogP contribution in [-0.4, -0.2) is 61.4 Å². The van der Waals surface area contributed by atoms with Gasteiger partial charge < -0.3 is 18.9 Å². The molecule has 0 bridgehead atoms. The van der Waals surface area contributed by atoms with E-state index in [0.29, 0.717) is 11.1 Å². The predicted molar refractivity (Wildman–Crippen MR) is 121 cm³/mol. The average molecular weight is 487 g/mol. The van der Waals surface area contributed by atoms with E-state index >= 15 is 0 Å². The summed E-state index contributed by atoms with van der Waals surface area (Å²) in [6, 6.07) is 19.4. The Balaban J connectivity index is 1.71. The molecule has 0 spiro atoms. The fourth-order valence-electron chi connectivity index (χ4n) is 4.32. The zero-order valence-electron chi connectivity index (χ0n) is 19.1. The largest absolute Gasteiger partial charge is 0.459 e. The van der Waals surface area contributed by atoms with Crippen molar-refractivity contribution in [2.24, 2.45) is 0 Å². The first-order valence-corrected chi connectivity index (χ1v) is 12.6. The highest BCUT2D eigenvalue weighted by atomic mass is 32.2. The lowest BCUT2D eigenvalue weighted by atomic mass is 9.89. The van der Waals surface area contributed by atoms with Crippen LogP contribution in [0.25, 0.3) is 0 Å². The summed E-state index contributed by atoms with van der Waals surface area (Å²) in [5, 5.41) is 10.5.